The Kier molecular flexibility index (Phi) is 6.03. The van der Waals surface area contributed by atoms with Gasteiger partial charge in [0.15, 0.2) is 0 Å². The van der Waals surface area contributed by atoms with Gasteiger partial charge in [-0.3, -0.25) is 9.59 Å². The molecule has 2 aromatic rings. The lowest BCUT2D eigenvalue weighted by atomic mass is 9.96. The van der Waals surface area contributed by atoms with Crippen molar-refractivity contribution >= 4 is 28.2 Å². The van der Waals surface area contributed by atoms with Crippen molar-refractivity contribution in [1.29, 1.82) is 5.26 Å². The first-order chi connectivity index (χ1) is 12.7. The van der Waals surface area contributed by atoms with Crippen LogP contribution in [-0.4, -0.2) is 18.4 Å². The maximum Gasteiger partial charge on any atom is 0.226 e. The van der Waals surface area contributed by atoms with Gasteiger partial charge in [0.05, 0.1) is 12.0 Å². The van der Waals surface area contributed by atoms with E-state index in [4.69, 9.17) is 0 Å². The van der Waals surface area contributed by atoms with Gasteiger partial charge < -0.3 is 10.6 Å². The number of carbonyl (C=O) groups is 2. The van der Waals surface area contributed by atoms with E-state index in [1.165, 1.54) is 16.2 Å². The fraction of sp³-hybridized carbons (Fsp3) is 0.350. The summed E-state index contributed by atoms with van der Waals surface area (Å²) in [6.45, 7) is 0.282. The van der Waals surface area contributed by atoms with E-state index in [1.54, 1.807) is 0 Å². The molecule has 3 rings (SSSR count). The molecule has 1 aliphatic carbocycles. The van der Waals surface area contributed by atoms with Crippen LogP contribution in [0.1, 0.15) is 40.8 Å². The van der Waals surface area contributed by atoms with E-state index >= 15 is 0 Å². The number of nitrogens with one attached hydrogen (secondary N) is 2. The number of anilines is 1. The molecule has 0 saturated carbocycles. The maximum absolute atomic E-state index is 12.2. The third-order valence-electron chi connectivity index (χ3n) is 4.42. The minimum absolute atomic E-state index is 0.103. The number of fused-ring (bicyclic) bond motifs is 1. The summed E-state index contributed by atoms with van der Waals surface area (Å²) >= 11 is 1.51. The average molecular weight is 367 g/mol. The van der Waals surface area contributed by atoms with Crippen LogP contribution in [0.5, 0.6) is 0 Å². The number of rotatable bonds is 6. The lowest BCUT2D eigenvalue weighted by Crippen LogP contribution is -2.28. The SMILES string of the molecule is N#Cc1c(NC(=O)CCNC(=O)Cc2ccccc2)sc2c1CCCC2. The number of thiophene rings is 1. The highest BCUT2D eigenvalue weighted by Crippen LogP contribution is 2.37. The van der Waals surface area contributed by atoms with Gasteiger partial charge in [-0.05, 0) is 36.8 Å². The maximum atomic E-state index is 12.2. The van der Waals surface area contributed by atoms with Crippen molar-refractivity contribution in [3.63, 3.8) is 0 Å². The molecular formula is C20H21N3O2S. The van der Waals surface area contributed by atoms with Gasteiger partial charge in [0.25, 0.3) is 0 Å². The van der Waals surface area contributed by atoms with Crippen LogP contribution in [-0.2, 0) is 28.9 Å². The standard InChI is InChI=1S/C20H21N3O2S/c21-13-16-15-8-4-5-9-17(15)26-20(16)23-18(24)10-11-22-19(25)12-14-6-2-1-3-7-14/h1-3,6-7H,4-5,8-12H2,(H,22,25)(H,23,24). The molecule has 0 radical (unpaired) electrons. The Bertz CT molecular complexity index is 837. The zero-order chi connectivity index (χ0) is 18.4. The highest BCUT2D eigenvalue weighted by molar-refractivity contribution is 7.16. The summed E-state index contributed by atoms with van der Waals surface area (Å²) in [5, 5.41) is 15.7. The van der Waals surface area contributed by atoms with Gasteiger partial charge in [-0.2, -0.15) is 5.26 Å². The molecule has 0 spiro atoms. The molecule has 1 aromatic carbocycles. The van der Waals surface area contributed by atoms with Crippen LogP contribution in [0.15, 0.2) is 30.3 Å². The number of nitrogens with zero attached hydrogens (tertiary/aromatic N) is 1. The van der Waals surface area contributed by atoms with Crippen LogP contribution in [0.2, 0.25) is 0 Å². The Morgan fingerprint density at radius 1 is 1.12 bits per heavy atom. The molecule has 0 atom stereocenters. The Hall–Kier alpha value is -2.65. The van der Waals surface area contributed by atoms with Crippen molar-refractivity contribution in [2.45, 2.75) is 38.5 Å². The van der Waals surface area contributed by atoms with Crippen LogP contribution in [0.3, 0.4) is 0 Å². The predicted octanol–water partition coefficient (Wildman–Crippen LogP) is 3.19. The fourth-order valence-electron chi connectivity index (χ4n) is 3.12. The number of hydrogen-bond acceptors (Lipinski definition) is 4. The van der Waals surface area contributed by atoms with Gasteiger partial charge in [-0.25, -0.2) is 0 Å². The van der Waals surface area contributed by atoms with E-state index in [0.29, 0.717) is 17.0 Å². The molecule has 26 heavy (non-hydrogen) atoms. The first kappa shape index (κ1) is 18.2. The molecule has 0 unspecified atom stereocenters. The molecule has 0 aliphatic heterocycles. The summed E-state index contributed by atoms with van der Waals surface area (Å²) in [6, 6.07) is 11.7. The summed E-state index contributed by atoms with van der Waals surface area (Å²) in [4.78, 5) is 25.3. The number of hydrogen-bond donors (Lipinski definition) is 2. The summed E-state index contributed by atoms with van der Waals surface area (Å²) < 4.78 is 0. The van der Waals surface area contributed by atoms with Gasteiger partial charge in [-0.1, -0.05) is 30.3 Å². The van der Waals surface area contributed by atoms with Crippen LogP contribution in [0.4, 0.5) is 5.00 Å². The Morgan fingerprint density at radius 3 is 2.65 bits per heavy atom. The van der Waals surface area contributed by atoms with Crippen molar-refractivity contribution < 1.29 is 9.59 Å². The highest BCUT2D eigenvalue weighted by atomic mass is 32.1. The Balaban J connectivity index is 1.48. The summed E-state index contributed by atoms with van der Waals surface area (Å²) in [5.41, 5.74) is 2.67. The molecule has 0 bridgehead atoms. The molecule has 1 aromatic heterocycles. The first-order valence-corrected chi connectivity index (χ1v) is 9.64. The number of amides is 2. The molecular weight excluding hydrogens is 346 g/mol. The van der Waals surface area contributed by atoms with Crippen LogP contribution >= 0.6 is 11.3 Å². The molecule has 5 nitrogen and oxygen atoms in total. The van der Waals surface area contributed by atoms with Crippen LogP contribution in [0.25, 0.3) is 0 Å². The normalized spacial score (nSPS) is 12.7. The van der Waals surface area contributed by atoms with Gasteiger partial charge in [0.2, 0.25) is 11.8 Å². The number of aryl methyl sites for hydroxylation is 1. The quantitative estimate of drug-likeness (QED) is 0.823. The van der Waals surface area contributed by atoms with Crippen molar-refractivity contribution in [3.8, 4) is 6.07 Å². The molecule has 2 N–H and O–H groups in total. The molecule has 1 aliphatic rings. The van der Waals surface area contributed by atoms with Crippen molar-refractivity contribution in [2.75, 3.05) is 11.9 Å². The van der Waals surface area contributed by atoms with E-state index in [2.05, 4.69) is 16.7 Å². The molecule has 0 saturated heterocycles. The van der Waals surface area contributed by atoms with Gasteiger partial charge in [-0.15, -0.1) is 11.3 Å². The van der Waals surface area contributed by atoms with E-state index in [1.807, 2.05) is 30.3 Å². The van der Waals surface area contributed by atoms with Crippen molar-refractivity contribution in [2.24, 2.45) is 0 Å². The minimum Gasteiger partial charge on any atom is -0.355 e. The monoisotopic (exact) mass is 367 g/mol. The van der Waals surface area contributed by atoms with Crippen molar-refractivity contribution in [3.05, 3.63) is 51.9 Å². The van der Waals surface area contributed by atoms with E-state index in [-0.39, 0.29) is 24.8 Å². The van der Waals surface area contributed by atoms with Gasteiger partial charge in [0.1, 0.15) is 11.1 Å². The molecule has 2 amide bonds. The second kappa shape index (κ2) is 8.63. The smallest absolute Gasteiger partial charge is 0.226 e. The van der Waals surface area contributed by atoms with E-state index in [9.17, 15) is 14.9 Å². The Labute approximate surface area is 157 Å². The fourth-order valence-corrected chi connectivity index (χ4v) is 4.38. The number of benzene rings is 1. The second-order valence-electron chi connectivity index (χ2n) is 6.34. The second-order valence-corrected chi connectivity index (χ2v) is 7.44. The summed E-state index contributed by atoms with van der Waals surface area (Å²) in [7, 11) is 0. The van der Waals surface area contributed by atoms with E-state index in [0.717, 1.165) is 36.8 Å². The lowest BCUT2D eigenvalue weighted by molar-refractivity contribution is -0.120. The largest absolute Gasteiger partial charge is 0.355 e. The molecule has 1 heterocycles. The summed E-state index contributed by atoms with van der Waals surface area (Å²) in [6.07, 6.45) is 4.63. The number of nitriles is 1. The predicted molar refractivity (Wildman–Crippen MR) is 102 cm³/mol. The summed E-state index contributed by atoms with van der Waals surface area (Å²) in [5.74, 6) is -0.284. The van der Waals surface area contributed by atoms with Crippen LogP contribution in [0, 0.1) is 11.3 Å². The highest BCUT2D eigenvalue weighted by Gasteiger charge is 2.21. The van der Waals surface area contributed by atoms with Gasteiger partial charge in [0, 0.05) is 17.8 Å². The molecule has 6 heteroatoms. The third-order valence-corrected chi connectivity index (χ3v) is 5.63. The lowest BCUT2D eigenvalue weighted by Gasteiger charge is -2.09. The third kappa shape index (κ3) is 4.50. The first-order valence-electron chi connectivity index (χ1n) is 8.82. The molecule has 134 valence electrons. The topological polar surface area (TPSA) is 82.0 Å². The zero-order valence-electron chi connectivity index (χ0n) is 14.5. The van der Waals surface area contributed by atoms with Crippen LogP contribution < -0.4 is 10.6 Å². The minimum atomic E-state index is -0.180. The zero-order valence-corrected chi connectivity index (χ0v) is 15.3. The van der Waals surface area contributed by atoms with Crippen molar-refractivity contribution in [1.82, 2.24) is 5.32 Å². The number of carbonyl (C=O) groups excluding carboxylic acids is 2. The molecule has 0 fully saturated rings. The average Bonchev–Trinajstić information content (AvgIpc) is 2.99. The Morgan fingerprint density at radius 2 is 1.88 bits per heavy atom. The van der Waals surface area contributed by atoms with Gasteiger partial charge >= 0.3 is 0 Å². The van der Waals surface area contributed by atoms with E-state index < -0.39 is 0 Å².